The molecule has 0 saturated carbocycles. The molecule has 5 amide bonds. The molecule has 0 bridgehead atoms. The van der Waals surface area contributed by atoms with Crippen LogP contribution in [0.15, 0.2) is 0 Å². The molecule has 0 aliphatic carbocycles. The first kappa shape index (κ1) is 31.6. The minimum Gasteiger partial charge on any atom is -0.480 e. The van der Waals surface area contributed by atoms with Crippen molar-refractivity contribution in [3.05, 3.63) is 0 Å². The molecule has 1 heterocycles. The van der Waals surface area contributed by atoms with E-state index in [1.165, 1.54) is 4.90 Å². The van der Waals surface area contributed by atoms with Gasteiger partial charge in [-0.25, -0.2) is 9.59 Å². The van der Waals surface area contributed by atoms with Crippen molar-refractivity contribution in [3.8, 4) is 0 Å². The maximum atomic E-state index is 13.0. The van der Waals surface area contributed by atoms with Crippen molar-refractivity contribution >= 4 is 35.7 Å². The SMILES string of the molecule is CC(C)[C@H](NC(=O)CNC(=O)OC(C)(C)C)C(=O)NCC(=O)N[C@H](C(=O)N1CCC[C@H]1C(=O)O)C(C)C. The van der Waals surface area contributed by atoms with E-state index in [4.69, 9.17) is 4.74 Å². The van der Waals surface area contributed by atoms with Crippen LogP contribution in [0.4, 0.5) is 4.79 Å². The van der Waals surface area contributed by atoms with Crippen LogP contribution in [0.25, 0.3) is 0 Å². The molecule has 1 aliphatic heterocycles. The number of carbonyl (C=O) groups excluding carboxylic acids is 5. The van der Waals surface area contributed by atoms with E-state index in [1.54, 1.807) is 48.5 Å². The molecule has 0 radical (unpaired) electrons. The molecule has 0 unspecified atom stereocenters. The Bertz CT molecular complexity index is 868. The molecule has 1 saturated heterocycles. The van der Waals surface area contributed by atoms with Gasteiger partial charge in [-0.05, 0) is 45.4 Å². The number of rotatable bonds is 11. The van der Waals surface area contributed by atoms with Gasteiger partial charge in [-0.2, -0.15) is 0 Å². The van der Waals surface area contributed by atoms with Gasteiger partial charge in [0, 0.05) is 6.54 Å². The van der Waals surface area contributed by atoms with Crippen LogP contribution in [0.2, 0.25) is 0 Å². The summed E-state index contributed by atoms with van der Waals surface area (Å²) in [4.78, 5) is 74.8. The average molecular weight is 528 g/mol. The number of carbonyl (C=O) groups is 6. The number of alkyl carbamates (subject to hydrolysis) is 1. The number of aliphatic carboxylic acids is 1. The van der Waals surface area contributed by atoms with Gasteiger partial charge in [-0.3, -0.25) is 19.2 Å². The predicted octanol–water partition coefficient (Wildman–Crippen LogP) is -0.0155. The van der Waals surface area contributed by atoms with E-state index in [2.05, 4.69) is 21.3 Å². The Hall–Kier alpha value is -3.38. The van der Waals surface area contributed by atoms with Crippen molar-refractivity contribution in [1.29, 1.82) is 0 Å². The maximum absolute atomic E-state index is 13.0. The monoisotopic (exact) mass is 527 g/mol. The number of carboxylic acid groups (broad SMARTS) is 1. The van der Waals surface area contributed by atoms with Gasteiger partial charge in [0.05, 0.1) is 6.54 Å². The molecule has 37 heavy (non-hydrogen) atoms. The van der Waals surface area contributed by atoms with E-state index in [-0.39, 0.29) is 11.8 Å². The molecule has 1 aliphatic rings. The molecule has 3 atom stereocenters. The zero-order chi connectivity index (χ0) is 28.5. The lowest BCUT2D eigenvalue weighted by atomic mass is 10.0. The Morgan fingerprint density at radius 3 is 1.89 bits per heavy atom. The van der Waals surface area contributed by atoms with Crippen LogP contribution in [0.3, 0.4) is 0 Å². The molecule has 1 fully saturated rings. The Morgan fingerprint density at radius 1 is 0.892 bits per heavy atom. The third-order valence-electron chi connectivity index (χ3n) is 5.55. The van der Waals surface area contributed by atoms with E-state index < -0.39 is 72.5 Å². The lowest BCUT2D eigenvalue weighted by molar-refractivity contribution is -0.150. The highest BCUT2D eigenvalue weighted by molar-refractivity contribution is 5.94. The zero-order valence-corrected chi connectivity index (χ0v) is 22.7. The lowest BCUT2D eigenvalue weighted by Gasteiger charge is -2.29. The average Bonchev–Trinajstić information content (AvgIpc) is 3.26. The molecule has 210 valence electrons. The summed E-state index contributed by atoms with van der Waals surface area (Å²) in [5.74, 6) is -4.09. The number of hydrogen-bond donors (Lipinski definition) is 5. The van der Waals surface area contributed by atoms with Crippen LogP contribution in [0.1, 0.15) is 61.3 Å². The number of amides is 5. The van der Waals surface area contributed by atoms with Crippen molar-refractivity contribution in [2.75, 3.05) is 19.6 Å². The molecule has 1 rings (SSSR count). The highest BCUT2D eigenvalue weighted by Crippen LogP contribution is 2.20. The van der Waals surface area contributed by atoms with Gasteiger partial charge in [0.2, 0.25) is 23.6 Å². The standard InChI is InChI=1S/C24H41N5O8/c1-13(2)18(27-17(31)12-26-23(36)37-24(5,6)7)20(32)25-11-16(30)28-19(14(3)4)21(33)29-10-8-9-15(29)22(34)35/h13-15,18-19H,8-12H2,1-7H3,(H,25,32)(H,26,36)(H,27,31)(H,28,30)(H,34,35)/t15-,18-,19-/m0/s1. The molecule has 0 aromatic heterocycles. The van der Waals surface area contributed by atoms with Crippen molar-refractivity contribution in [1.82, 2.24) is 26.2 Å². The Kier molecular flexibility index (Phi) is 11.8. The van der Waals surface area contributed by atoms with Crippen molar-refractivity contribution < 1.29 is 38.6 Å². The fourth-order valence-corrected chi connectivity index (χ4v) is 3.71. The molecule has 0 aromatic carbocycles. The van der Waals surface area contributed by atoms with Crippen LogP contribution in [-0.2, 0) is 28.7 Å². The van der Waals surface area contributed by atoms with Gasteiger partial charge >= 0.3 is 12.1 Å². The summed E-state index contributed by atoms with van der Waals surface area (Å²) in [6.45, 7) is 11.3. The summed E-state index contributed by atoms with van der Waals surface area (Å²) in [6.07, 6.45) is 0.140. The van der Waals surface area contributed by atoms with E-state index >= 15 is 0 Å². The number of nitrogens with one attached hydrogen (secondary N) is 4. The van der Waals surface area contributed by atoms with Crippen LogP contribution in [0.5, 0.6) is 0 Å². The lowest BCUT2D eigenvalue weighted by Crippen LogP contribution is -2.56. The van der Waals surface area contributed by atoms with Gasteiger partial charge in [0.15, 0.2) is 0 Å². The fraction of sp³-hybridized carbons (Fsp3) is 0.750. The number of likely N-dealkylation sites (tertiary alicyclic amines) is 1. The Labute approximate surface area is 217 Å². The Balaban J connectivity index is 2.66. The highest BCUT2D eigenvalue weighted by atomic mass is 16.6. The van der Waals surface area contributed by atoms with Gasteiger partial charge in [-0.15, -0.1) is 0 Å². The molecule has 13 nitrogen and oxygen atoms in total. The summed E-state index contributed by atoms with van der Waals surface area (Å²) >= 11 is 0. The molecule has 13 heteroatoms. The molecular formula is C24H41N5O8. The summed E-state index contributed by atoms with van der Waals surface area (Å²) in [7, 11) is 0. The summed E-state index contributed by atoms with van der Waals surface area (Å²) in [5.41, 5.74) is -0.729. The first-order valence-corrected chi connectivity index (χ1v) is 12.4. The first-order valence-electron chi connectivity index (χ1n) is 12.4. The maximum Gasteiger partial charge on any atom is 0.408 e. The molecule has 0 spiro atoms. The molecule has 5 N–H and O–H groups in total. The zero-order valence-electron chi connectivity index (χ0n) is 22.7. The van der Waals surface area contributed by atoms with E-state index in [1.807, 2.05) is 0 Å². The summed E-state index contributed by atoms with van der Waals surface area (Å²) in [6, 6.07) is -2.86. The first-order chi connectivity index (χ1) is 17.0. The quantitative estimate of drug-likeness (QED) is 0.248. The second-order valence-corrected chi connectivity index (χ2v) is 10.7. The van der Waals surface area contributed by atoms with E-state index in [0.29, 0.717) is 19.4 Å². The van der Waals surface area contributed by atoms with Crippen molar-refractivity contribution in [2.45, 2.75) is 85.0 Å². The highest BCUT2D eigenvalue weighted by Gasteiger charge is 2.38. The second kappa shape index (κ2) is 13.8. The smallest absolute Gasteiger partial charge is 0.408 e. The summed E-state index contributed by atoms with van der Waals surface area (Å²) in [5, 5.41) is 19.2. The summed E-state index contributed by atoms with van der Waals surface area (Å²) < 4.78 is 5.06. The Morgan fingerprint density at radius 2 is 1.41 bits per heavy atom. The topological polar surface area (TPSA) is 183 Å². The third kappa shape index (κ3) is 10.6. The number of hydrogen-bond acceptors (Lipinski definition) is 7. The third-order valence-corrected chi connectivity index (χ3v) is 5.55. The van der Waals surface area contributed by atoms with Crippen LogP contribution in [-0.4, -0.2) is 89.1 Å². The minimum absolute atomic E-state index is 0.296. The normalized spacial score (nSPS) is 17.1. The number of carboxylic acids is 1. The number of nitrogens with zero attached hydrogens (tertiary/aromatic N) is 1. The van der Waals surface area contributed by atoms with Gasteiger partial charge < -0.3 is 36.0 Å². The number of ether oxygens (including phenoxy) is 1. The minimum atomic E-state index is -1.09. The van der Waals surface area contributed by atoms with Gasteiger partial charge in [-0.1, -0.05) is 27.7 Å². The molecule has 0 aromatic rings. The fourth-order valence-electron chi connectivity index (χ4n) is 3.71. The van der Waals surface area contributed by atoms with Crippen LogP contribution in [0, 0.1) is 11.8 Å². The largest absolute Gasteiger partial charge is 0.480 e. The van der Waals surface area contributed by atoms with Crippen molar-refractivity contribution in [3.63, 3.8) is 0 Å². The van der Waals surface area contributed by atoms with E-state index in [9.17, 15) is 33.9 Å². The van der Waals surface area contributed by atoms with Crippen LogP contribution >= 0.6 is 0 Å². The second-order valence-electron chi connectivity index (χ2n) is 10.7. The van der Waals surface area contributed by atoms with Gasteiger partial charge in [0.1, 0.15) is 30.3 Å². The molecular weight excluding hydrogens is 486 g/mol. The van der Waals surface area contributed by atoms with Crippen molar-refractivity contribution in [2.24, 2.45) is 11.8 Å². The van der Waals surface area contributed by atoms with E-state index in [0.717, 1.165) is 0 Å². The van der Waals surface area contributed by atoms with Gasteiger partial charge in [0.25, 0.3) is 0 Å². The predicted molar refractivity (Wildman–Crippen MR) is 133 cm³/mol. The van der Waals surface area contributed by atoms with Crippen LogP contribution < -0.4 is 21.3 Å².